The van der Waals surface area contributed by atoms with Crippen LogP contribution in [0.3, 0.4) is 0 Å². The highest BCUT2D eigenvalue weighted by Gasteiger charge is 2.34. The van der Waals surface area contributed by atoms with Crippen molar-refractivity contribution in [3.8, 4) is 0 Å². The maximum absolute atomic E-state index is 11.8. The Morgan fingerprint density at radius 3 is 2.80 bits per heavy atom. The molecule has 0 aromatic heterocycles. The van der Waals surface area contributed by atoms with Gasteiger partial charge in [0.15, 0.2) is 0 Å². The predicted molar refractivity (Wildman–Crippen MR) is 80.8 cm³/mol. The molecule has 1 aromatic carbocycles. The van der Waals surface area contributed by atoms with E-state index in [4.69, 9.17) is 9.47 Å². The first-order valence-corrected chi connectivity index (χ1v) is 7.32. The number of halogens is 1. The lowest BCUT2D eigenvalue weighted by Crippen LogP contribution is -2.45. The number of methoxy groups -OCH3 is 1. The van der Waals surface area contributed by atoms with Gasteiger partial charge in [-0.15, -0.1) is 0 Å². The molecule has 0 bridgehead atoms. The van der Waals surface area contributed by atoms with Gasteiger partial charge in [0.2, 0.25) is 5.91 Å². The second-order valence-electron chi connectivity index (χ2n) is 4.85. The number of nitrogens with one attached hydrogen (secondary N) is 2. The van der Waals surface area contributed by atoms with Crippen LogP contribution in [0.1, 0.15) is 6.42 Å². The fraction of sp³-hybridized carbons (Fsp3) is 0.500. The molecule has 1 heterocycles. The molecule has 1 saturated heterocycles. The highest BCUT2D eigenvalue weighted by Crippen LogP contribution is 2.21. The quantitative estimate of drug-likeness (QED) is 0.827. The normalized spacial score (nSPS) is 21.9. The lowest BCUT2D eigenvalue weighted by Gasteiger charge is -2.25. The minimum Gasteiger partial charge on any atom is -0.378 e. The van der Waals surface area contributed by atoms with Crippen molar-refractivity contribution >= 4 is 27.5 Å². The molecule has 1 fully saturated rings. The third kappa shape index (κ3) is 4.28. The number of benzene rings is 1. The molecule has 5 nitrogen and oxygen atoms in total. The Morgan fingerprint density at radius 1 is 1.45 bits per heavy atom. The molecule has 0 radical (unpaired) electrons. The fourth-order valence-electron chi connectivity index (χ4n) is 2.10. The highest BCUT2D eigenvalue weighted by molar-refractivity contribution is 9.10. The van der Waals surface area contributed by atoms with Gasteiger partial charge in [0.05, 0.1) is 13.2 Å². The van der Waals surface area contributed by atoms with Crippen LogP contribution in [-0.4, -0.2) is 44.9 Å². The fourth-order valence-corrected chi connectivity index (χ4v) is 2.37. The van der Waals surface area contributed by atoms with Gasteiger partial charge in [0.25, 0.3) is 0 Å². The van der Waals surface area contributed by atoms with Crippen molar-refractivity contribution in [1.29, 1.82) is 0 Å². The minimum absolute atomic E-state index is 0.0718. The third-order valence-corrected chi connectivity index (χ3v) is 3.89. The van der Waals surface area contributed by atoms with Crippen LogP contribution in [0.5, 0.6) is 0 Å². The third-order valence-electron chi connectivity index (χ3n) is 3.36. The Balaban J connectivity index is 1.73. The van der Waals surface area contributed by atoms with Crippen LogP contribution in [0.2, 0.25) is 0 Å². The summed E-state index contributed by atoms with van der Waals surface area (Å²) in [6.45, 7) is 2.14. The van der Waals surface area contributed by atoms with E-state index in [1.807, 2.05) is 24.3 Å². The molecule has 1 aromatic rings. The maximum atomic E-state index is 11.8. The zero-order chi connectivity index (χ0) is 14.4. The molecular formula is C14H19BrN2O3. The first-order valence-electron chi connectivity index (χ1n) is 6.53. The van der Waals surface area contributed by atoms with Gasteiger partial charge >= 0.3 is 0 Å². The predicted octanol–water partition coefficient (Wildman–Crippen LogP) is 1.78. The minimum atomic E-state index is -0.294. The second kappa shape index (κ2) is 7.17. The first kappa shape index (κ1) is 15.4. The molecule has 0 saturated carbocycles. The van der Waals surface area contributed by atoms with Gasteiger partial charge in [0.1, 0.15) is 5.60 Å². The van der Waals surface area contributed by atoms with E-state index in [0.717, 1.165) is 16.6 Å². The molecule has 1 aliphatic rings. The van der Waals surface area contributed by atoms with Crippen molar-refractivity contribution in [2.24, 2.45) is 0 Å². The van der Waals surface area contributed by atoms with Crippen LogP contribution >= 0.6 is 15.9 Å². The number of hydrogen-bond acceptors (Lipinski definition) is 4. The topological polar surface area (TPSA) is 59.6 Å². The molecule has 2 rings (SSSR count). The standard InChI is InChI=1S/C14H19BrN2O3/c1-19-14(6-7-20-10-14)9-16-8-13(18)17-12-4-2-11(15)3-5-12/h2-5,16H,6-10H2,1H3,(H,17,18). The average molecular weight is 343 g/mol. The van der Waals surface area contributed by atoms with Crippen LogP contribution < -0.4 is 10.6 Å². The number of anilines is 1. The van der Waals surface area contributed by atoms with Gasteiger partial charge < -0.3 is 20.1 Å². The molecule has 6 heteroatoms. The van der Waals surface area contributed by atoms with Crippen LogP contribution in [-0.2, 0) is 14.3 Å². The SMILES string of the molecule is COC1(CNCC(=O)Nc2ccc(Br)cc2)CCOC1. The zero-order valence-corrected chi connectivity index (χ0v) is 13.0. The van der Waals surface area contributed by atoms with E-state index in [9.17, 15) is 4.79 Å². The van der Waals surface area contributed by atoms with E-state index in [0.29, 0.717) is 19.8 Å². The van der Waals surface area contributed by atoms with Crippen molar-refractivity contribution in [2.75, 3.05) is 38.7 Å². The maximum Gasteiger partial charge on any atom is 0.238 e. The monoisotopic (exact) mass is 342 g/mol. The number of carbonyl (C=O) groups is 1. The molecule has 1 unspecified atom stereocenters. The van der Waals surface area contributed by atoms with Crippen molar-refractivity contribution in [2.45, 2.75) is 12.0 Å². The molecular weight excluding hydrogens is 324 g/mol. The number of amides is 1. The summed E-state index contributed by atoms with van der Waals surface area (Å²) in [4.78, 5) is 11.8. The van der Waals surface area contributed by atoms with Crippen LogP contribution in [0, 0.1) is 0 Å². The molecule has 1 atom stereocenters. The van der Waals surface area contributed by atoms with E-state index in [1.54, 1.807) is 7.11 Å². The van der Waals surface area contributed by atoms with Gasteiger partial charge in [-0.1, -0.05) is 15.9 Å². The Labute approximate surface area is 127 Å². The van der Waals surface area contributed by atoms with Crippen molar-refractivity contribution in [1.82, 2.24) is 5.32 Å². The summed E-state index contributed by atoms with van der Waals surface area (Å²) in [7, 11) is 1.68. The average Bonchev–Trinajstić information content (AvgIpc) is 2.91. The highest BCUT2D eigenvalue weighted by atomic mass is 79.9. The summed E-state index contributed by atoms with van der Waals surface area (Å²) in [5.41, 5.74) is 0.489. The van der Waals surface area contributed by atoms with Gasteiger partial charge in [0, 0.05) is 36.8 Å². The number of ether oxygens (including phenoxy) is 2. The van der Waals surface area contributed by atoms with Gasteiger partial charge in [-0.3, -0.25) is 4.79 Å². The lowest BCUT2D eigenvalue weighted by atomic mass is 10.0. The van der Waals surface area contributed by atoms with E-state index >= 15 is 0 Å². The van der Waals surface area contributed by atoms with Gasteiger partial charge in [-0.2, -0.15) is 0 Å². The summed E-state index contributed by atoms with van der Waals surface area (Å²) < 4.78 is 11.8. The van der Waals surface area contributed by atoms with Gasteiger partial charge in [-0.05, 0) is 24.3 Å². The van der Waals surface area contributed by atoms with Crippen LogP contribution in [0.15, 0.2) is 28.7 Å². The van der Waals surface area contributed by atoms with Crippen molar-refractivity contribution in [3.05, 3.63) is 28.7 Å². The van der Waals surface area contributed by atoms with Crippen molar-refractivity contribution < 1.29 is 14.3 Å². The summed E-state index contributed by atoms with van der Waals surface area (Å²) >= 11 is 3.35. The molecule has 0 spiro atoms. The Kier molecular flexibility index (Phi) is 5.54. The Bertz CT molecular complexity index is 444. The second-order valence-corrected chi connectivity index (χ2v) is 5.76. The zero-order valence-electron chi connectivity index (χ0n) is 11.4. The number of carbonyl (C=O) groups excluding carboxylic acids is 1. The van der Waals surface area contributed by atoms with E-state index in [1.165, 1.54) is 0 Å². The van der Waals surface area contributed by atoms with Crippen molar-refractivity contribution in [3.63, 3.8) is 0 Å². The van der Waals surface area contributed by atoms with E-state index in [2.05, 4.69) is 26.6 Å². The van der Waals surface area contributed by atoms with Crippen LogP contribution in [0.25, 0.3) is 0 Å². The number of hydrogen-bond donors (Lipinski definition) is 2. The molecule has 0 aliphatic carbocycles. The molecule has 1 amide bonds. The molecule has 1 aliphatic heterocycles. The largest absolute Gasteiger partial charge is 0.378 e. The van der Waals surface area contributed by atoms with E-state index in [-0.39, 0.29) is 18.1 Å². The summed E-state index contributed by atoms with van der Waals surface area (Å²) in [5.74, 6) is -0.0718. The molecule has 2 N–H and O–H groups in total. The Morgan fingerprint density at radius 2 is 2.20 bits per heavy atom. The smallest absolute Gasteiger partial charge is 0.238 e. The van der Waals surface area contributed by atoms with E-state index < -0.39 is 0 Å². The Hall–Kier alpha value is -0.950. The summed E-state index contributed by atoms with van der Waals surface area (Å²) in [6.07, 6.45) is 0.852. The first-order chi connectivity index (χ1) is 9.63. The number of rotatable bonds is 6. The lowest BCUT2D eigenvalue weighted by molar-refractivity contribution is -0.115. The van der Waals surface area contributed by atoms with Gasteiger partial charge in [-0.25, -0.2) is 0 Å². The summed E-state index contributed by atoms with van der Waals surface area (Å²) in [6, 6.07) is 7.48. The summed E-state index contributed by atoms with van der Waals surface area (Å²) in [5, 5.41) is 5.95. The van der Waals surface area contributed by atoms with Crippen LogP contribution in [0.4, 0.5) is 5.69 Å². The molecule has 110 valence electrons. The molecule has 20 heavy (non-hydrogen) atoms.